The normalized spacial score (nSPS) is 16.0. The van der Waals surface area contributed by atoms with Crippen molar-refractivity contribution in [1.29, 1.82) is 0 Å². The standard InChI is InChI=1S/C24H29N5O4/c1-28(14-18-6-4-5-11-33-18)24(31)19-12-17(26-21(30)15-32-3)13-20-22(19)29(2)23(27-20)16-7-9-25-10-8-16/h7-10,12-13,18H,4-6,11,14-15H2,1-3H3,(H,26,30)/t18-/m0/s1. The first-order valence-electron chi connectivity index (χ1n) is 11.0. The summed E-state index contributed by atoms with van der Waals surface area (Å²) < 4.78 is 12.6. The van der Waals surface area contributed by atoms with Crippen molar-refractivity contribution in [3.05, 3.63) is 42.2 Å². The van der Waals surface area contributed by atoms with Crippen LogP contribution in [0.4, 0.5) is 5.69 Å². The van der Waals surface area contributed by atoms with E-state index in [1.165, 1.54) is 7.11 Å². The Morgan fingerprint density at radius 3 is 2.76 bits per heavy atom. The summed E-state index contributed by atoms with van der Waals surface area (Å²) in [4.78, 5) is 36.2. The number of hydrogen-bond acceptors (Lipinski definition) is 6. The number of ether oxygens (including phenoxy) is 2. The van der Waals surface area contributed by atoms with Crippen LogP contribution in [0.15, 0.2) is 36.7 Å². The number of anilines is 1. The zero-order valence-corrected chi connectivity index (χ0v) is 19.2. The summed E-state index contributed by atoms with van der Waals surface area (Å²) in [7, 11) is 5.12. The second kappa shape index (κ2) is 10.1. The van der Waals surface area contributed by atoms with Gasteiger partial charge in [0.15, 0.2) is 0 Å². The monoisotopic (exact) mass is 451 g/mol. The summed E-state index contributed by atoms with van der Waals surface area (Å²) in [6.07, 6.45) is 6.55. The lowest BCUT2D eigenvalue weighted by Crippen LogP contribution is -2.37. The third kappa shape index (κ3) is 5.04. The minimum atomic E-state index is -0.301. The van der Waals surface area contributed by atoms with E-state index in [9.17, 15) is 9.59 Å². The Labute approximate surface area is 192 Å². The van der Waals surface area contributed by atoms with E-state index >= 15 is 0 Å². The van der Waals surface area contributed by atoms with Crippen LogP contribution < -0.4 is 5.32 Å². The number of likely N-dealkylation sites (N-methyl/N-ethyl adjacent to an activating group) is 1. The molecule has 9 heteroatoms. The van der Waals surface area contributed by atoms with E-state index in [0.717, 1.165) is 31.4 Å². The summed E-state index contributed by atoms with van der Waals surface area (Å²) in [6, 6.07) is 7.22. The Hall–Kier alpha value is -3.30. The molecule has 1 saturated heterocycles. The lowest BCUT2D eigenvalue weighted by atomic mass is 10.1. The molecule has 3 aromatic rings. The molecule has 33 heavy (non-hydrogen) atoms. The summed E-state index contributed by atoms with van der Waals surface area (Å²) in [6.45, 7) is 1.16. The lowest BCUT2D eigenvalue weighted by Gasteiger charge is -2.27. The van der Waals surface area contributed by atoms with E-state index in [0.29, 0.717) is 34.7 Å². The van der Waals surface area contributed by atoms with Gasteiger partial charge in [-0.25, -0.2) is 4.98 Å². The van der Waals surface area contributed by atoms with Crippen molar-refractivity contribution in [3.8, 4) is 11.4 Å². The number of aryl methyl sites for hydroxylation is 1. The molecule has 1 aliphatic rings. The van der Waals surface area contributed by atoms with Gasteiger partial charge in [0.2, 0.25) is 5.91 Å². The molecule has 0 spiro atoms. The number of hydrogen-bond donors (Lipinski definition) is 1. The van der Waals surface area contributed by atoms with E-state index in [4.69, 9.17) is 14.5 Å². The van der Waals surface area contributed by atoms with Crippen LogP contribution in [0.5, 0.6) is 0 Å². The number of methoxy groups -OCH3 is 1. The zero-order valence-electron chi connectivity index (χ0n) is 19.2. The lowest BCUT2D eigenvalue weighted by molar-refractivity contribution is -0.119. The third-order valence-corrected chi connectivity index (χ3v) is 5.80. The van der Waals surface area contributed by atoms with Crippen LogP contribution in [0.25, 0.3) is 22.4 Å². The van der Waals surface area contributed by atoms with E-state index in [1.54, 1.807) is 36.5 Å². The number of fused-ring (bicyclic) bond motifs is 1. The molecule has 0 saturated carbocycles. The molecule has 174 valence electrons. The first kappa shape index (κ1) is 22.9. The first-order chi connectivity index (χ1) is 16.0. The van der Waals surface area contributed by atoms with Crippen LogP contribution >= 0.6 is 0 Å². The molecule has 0 unspecified atom stereocenters. The molecule has 0 radical (unpaired) electrons. The maximum absolute atomic E-state index is 13.6. The Bertz CT molecular complexity index is 1140. The van der Waals surface area contributed by atoms with Crippen LogP contribution in [0.1, 0.15) is 29.6 Å². The van der Waals surface area contributed by atoms with E-state index < -0.39 is 0 Å². The Morgan fingerprint density at radius 2 is 2.06 bits per heavy atom. The van der Waals surface area contributed by atoms with Crippen molar-refractivity contribution in [2.75, 3.05) is 39.2 Å². The van der Waals surface area contributed by atoms with Gasteiger partial charge in [0.05, 0.1) is 22.7 Å². The molecule has 1 fully saturated rings. The van der Waals surface area contributed by atoms with Crippen LogP contribution in [0.3, 0.4) is 0 Å². The fraction of sp³-hybridized carbons (Fsp3) is 0.417. The molecule has 0 aliphatic carbocycles. The molecule has 1 aliphatic heterocycles. The molecule has 9 nitrogen and oxygen atoms in total. The van der Waals surface area contributed by atoms with Crippen LogP contribution in [-0.4, -0.2) is 71.3 Å². The number of carbonyl (C=O) groups is 2. The number of pyridine rings is 1. The van der Waals surface area contributed by atoms with Gasteiger partial charge in [-0.3, -0.25) is 14.6 Å². The summed E-state index contributed by atoms with van der Waals surface area (Å²) in [5.74, 6) is 0.255. The zero-order chi connectivity index (χ0) is 23.4. The van der Waals surface area contributed by atoms with E-state index in [-0.39, 0.29) is 24.5 Å². The number of imidazole rings is 1. The molecular weight excluding hydrogens is 422 g/mol. The molecular formula is C24H29N5O4. The maximum atomic E-state index is 13.6. The average Bonchev–Trinajstić information content (AvgIpc) is 3.15. The highest BCUT2D eigenvalue weighted by atomic mass is 16.5. The van der Waals surface area contributed by atoms with Gasteiger partial charge >= 0.3 is 0 Å². The Morgan fingerprint density at radius 1 is 1.27 bits per heavy atom. The molecule has 1 aromatic carbocycles. The van der Waals surface area contributed by atoms with Gasteiger partial charge in [-0.1, -0.05) is 0 Å². The van der Waals surface area contributed by atoms with Crippen molar-refractivity contribution >= 4 is 28.5 Å². The van der Waals surface area contributed by atoms with Crippen LogP contribution in [0, 0.1) is 0 Å². The SMILES string of the molecule is COCC(=O)Nc1cc(C(=O)N(C)C[C@@H]2CCCCO2)c2c(c1)nc(-c1ccncc1)n2C. The van der Waals surface area contributed by atoms with Gasteiger partial charge < -0.3 is 24.3 Å². The van der Waals surface area contributed by atoms with Gasteiger partial charge in [-0.15, -0.1) is 0 Å². The second-order valence-electron chi connectivity index (χ2n) is 8.28. The van der Waals surface area contributed by atoms with E-state index in [2.05, 4.69) is 10.3 Å². The highest BCUT2D eigenvalue weighted by Crippen LogP contribution is 2.30. The van der Waals surface area contributed by atoms with Crippen molar-refractivity contribution in [2.24, 2.45) is 7.05 Å². The quantitative estimate of drug-likeness (QED) is 0.593. The smallest absolute Gasteiger partial charge is 0.255 e. The number of benzene rings is 1. The van der Waals surface area contributed by atoms with Crippen molar-refractivity contribution < 1.29 is 19.1 Å². The number of rotatable bonds is 7. The predicted molar refractivity (Wildman–Crippen MR) is 125 cm³/mol. The highest BCUT2D eigenvalue weighted by Gasteiger charge is 2.24. The number of nitrogens with zero attached hydrogens (tertiary/aromatic N) is 4. The van der Waals surface area contributed by atoms with Crippen LogP contribution in [-0.2, 0) is 21.3 Å². The summed E-state index contributed by atoms with van der Waals surface area (Å²) in [5, 5.41) is 2.80. The van der Waals surface area contributed by atoms with Crippen molar-refractivity contribution in [3.63, 3.8) is 0 Å². The molecule has 3 heterocycles. The summed E-state index contributed by atoms with van der Waals surface area (Å²) >= 11 is 0. The van der Waals surface area contributed by atoms with Gasteiger partial charge in [0, 0.05) is 58.0 Å². The topological polar surface area (TPSA) is 98.6 Å². The molecule has 4 rings (SSSR count). The first-order valence-corrected chi connectivity index (χ1v) is 11.0. The minimum Gasteiger partial charge on any atom is -0.376 e. The molecule has 2 aromatic heterocycles. The largest absolute Gasteiger partial charge is 0.376 e. The van der Waals surface area contributed by atoms with Gasteiger partial charge in [0.25, 0.3) is 5.91 Å². The maximum Gasteiger partial charge on any atom is 0.255 e. The number of aromatic nitrogens is 3. The number of carbonyl (C=O) groups excluding carboxylic acids is 2. The third-order valence-electron chi connectivity index (χ3n) is 5.80. The number of nitrogens with one attached hydrogen (secondary N) is 1. The van der Waals surface area contributed by atoms with Crippen molar-refractivity contribution in [1.82, 2.24) is 19.4 Å². The minimum absolute atomic E-state index is 0.0340. The molecule has 1 atom stereocenters. The number of amides is 2. The van der Waals surface area contributed by atoms with Gasteiger partial charge in [-0.2, -0.15) is 0 Å². The molecule has 1 N–H and O–H groups in total. The van der Waals surface area contributed by atoms with Crippen LogP contribution in [0.2, 0.25) is 0 Å². The summed E-state index contributed by atoms with van der Waals surface area (Å²) in [5.41, 5.74) is 3.16. The highest BCUT2D eigenvalue weighted by molar-refractivity contribution is 6.08. The molecule has 2 amide bonds. The Balaban J connectivity index is 1.75. The Kier molecular flexibility index (Phi) is 7.00. The van der Waals surface area contributed by atoms with E-state index in [1.807, 2.05) is 23.7 Å². The van der Waals surface area contributed by atoms with Gasteiger partial charge in [0.1, 0.15) is 12.4 Å². The molecule has 0 bridgehead atoms. The second-order valence-corrected chi connectivity index (χ2v) is 8.28. The predicted octanol–water partition coefficient (Wildman–Crippen LogP) is 2.86. The average molecular weight is 452 g/mol. The fourth-order valence-corrected chi connectivity index (χ4v) is 4.22. The fourth-order valence-electron chi connectivity index (χ4n) is 4.22. The van der Waals surface area contributed by atoms with Gasteiger partial charge in [-0.05, 0) is 43.5 Å². The van der Waals surface area contributed by atoms with Crippen molar-refractivity contribution in [2.45, 2.75) is 25.4 Å².